The molecule has 1 radical (unpaired) electrons. The molecule has 2 aromatic carbocycles. The summed E-state index contributed by atoms with van der Waals surface area (Å²) in [7, 11) is 0. The van der Waals surface area contributed by atoms with Gasteiger partial charge in [0.25, 0.3) is 0 Å². The van der Waals surface area contributed by atoms with Crippen molar-refractivity contribution in [1.82, 2.24) is 0 Å². The molecule has 2 N–H and O–H groups in total. The first-order chi connectivity index (χ1) is 5.77. The summed E-state index contributed by atoms with van der Waals surface area (Å²) < 4.78 is 0. The van der Waals surface area contributed by atoms with Crippen molar-refractivity contribution in [2.24, 2.45) is 0 Å². The van der Waals surface area contributed by atoms with Crippen LogP contribution in [0.1, 0.15) is 0 Å². The molecule has 0 spiro atoms. The third-order valence-corrected chi connectivity index (χ3v) is 1.78. The van der Waals surface area contributed by atoms with Crippen molar-refractivity contribution in [3.8, 4) is 11.5 Å². The second-order valence-corrected chi connectivity index (χ2v) is 2.61. The molecule has 2 nitrogen and oxygen atoms in total. The van der Waals surface area contributed by atoms with Gasteiger partial charge in [-0.25, -0.2) is 0 Å². The summed E-state index contributed by atoms with van der Waals surface area (Å²) in [6.45, 7) is 0. The maximum atomic E-state index is 9.16. The van der Waals surface area contributed by atoms with E-state index in [1.165, 1.54) is 12.1 Å². The number of hydrogen-bond acceptors (Lipinski definition) is 2. The SMILES string of the molecule is Oc1cc2c[c]ccc2cc1O. The highest BCUT2D eigenvalue weighted by atomic mass is 16.3. The first kappa shape index (κ1) is 6.98. The van der Waals surface area contributed by atoms with Gasteiger partial charge in [0.1, 0.15) is 0 Å². The summed E-state index contributed by atoms with van der Waals surface area (Å²) in [5, 5.41) is 20.1. The molecule has 2 heteroatoms. The van der Waals surface area contributed by atoms with Crippen LogP contribution in [0.5, 0.6) is 11.5 Å². The molecule has 0 aliphatic rings. The summed E-state index contributed by atoms with van der Waals surface area (Å²) in [5.74, 6) is -0.184. The van der Waals surface area contributed by atoms with Gasteiger partial charge in [-0.1, -0.05) is 12.1 Å². The standard InChI is InChI=1S/C10H7O2/c11-9-5-7-3-1-2-4-8(7)6-10(9)12/h1,3-6,11-12H. The monoisotopic (exact) mass is 159 g/mol. The van der Waals surface area contributed by atoms with Crippen molar-refractivity contribution in [3.05, 3.63) is 36.4 Å². The number of fused-ring (bicyclic) bond motifs is 1. The van der Waals surface area contributed by atoms with Crippen molar-refractivity contribution >= 4 is 10.8 Å². The van der Waals surface area contributed by atoms with Crippen molar-refractivity contribution in [1.29, 1.82) is 0 Å². The van der Waals surface area contributed by atoms with E-state index in [9.17, 15) is 0 Å². The maximum absolute atomic E-state index is 9.16. The number of aromatic hydroxyl groups is 2. The summed E-state index contributed by atoms with van der Waals surface area (Å²) >= 11 is 0. The number of rotatable bonds is 0. The molecule has 59 valence electrons. The van der Waals surface area contributed by atoms with Crippen LogP contribution < -0.4 is 0 Å². The minimum absolute atomic E-state index is 0.0892. The Balaban J connectivity index is 2.84. The van der Waals surface area contributed by atoms with E-state index >= 15 is 0 Å². The number of hydrogen-bond donors (Lipinski definition) is 2. The molecule has 2 rings (SSSR count). The zero-order valence-corrected chi connectivity index (χ0v) is 6.28. The van der Waals surface area contributed by atoms with Crippen LogP contribution in [-0.4, -0.2) is 10.2 Å². The van der Waals surface area contributed by atoms with Crippen molar-refractivity contribution < 1.29 is 10.2 Å². The summed E-state index contributed by atoms with van der Waals surface area (Å²) in [5.41, 5.74) is 0. The zero-order chi connectivity index (χ0) is 8.55. The molecular formula is C10H7O2. The number of phenols is 2. The van der Waals surface area contributed by atoms with Crippen molar-refractivity contribution in [2.75, 3.05) is 0 Å². The van der Waals surface area contributed by atoms with Gasteiger partial charge in [-0.2, -0.15) is 0 Å². The molecule has 0 heterocycles. The van der Waals surface area contributed by atoms with Crippen LogP contribution in [0.2, 0.25) is 0 Å². The van der Waals surface area contributed by atoms with Crippen LogP contribution in [0.3, 0.4) is 0 Å². The third-order valence-electron chi connectivity index (χ3n) is 1.78. The molecule has 0 aliphatic heterocycles. The Morgan fingerprint density at radius 2 is 1.67 bits per heavy atom. The average Bonchev–Trinajstić information content (AvgIpc) is 2.07. The number of benzene rings is 2. The quantitative estimate of drug-likeness (QED) is 0.577. The fourth-order valence-electron chi connectivity index (χ4n) is 1.15. The van der Waals surface area contributed by atoms with Gasteiger partial charge in [-0.05, 0) is 35.0 Å². The largest absolute Gasteiger partial charge is 0.504 e. The molecule has 0 unspecified atom stereocenters. The Morgan fingerprint density at radius 3 is 2.42 bits per heavy atom. The first-order valence-corrected chi connectivity index (χ1v) is 3.59. The van der Waals surface area contributed by atoms with Gasteiger partial charge in [0.2, 0.25) is 0 Å². The Morgan fingerprint density at radius 1 is 1.00 bits per heavy atom. The normalized spacial score (nSPS) is 10.3. The lowest BCUT2D eigenvalue weighted by molar-refractivity contribution is 0.405. The minimum atomic E-state index is -0.0953. The van der Waals surface area contributed by atoms with Crippen LogP contribution in [-0.2, 0) is 0 Å². The third kappa shape index (κ3) is 0.975. The van der Waals surface area contributed by atoms with Gasteiger partial charge >= 0.3 is 0 Å². The molecule has 12 heavy (non-hydrogen) atoms. The van der Waals surface area contributed by atoms with Crippen LogP contribution in [0.25, 0.3) is 10.8 Å². The molecule has 0 saturated heterocycles. The first-order valence-electron chi connectivity index (χ1n) is 3.59. The van der Waals surface area contributed by atoms with Gasteiger partial charge in [-0.15, -0.1) is 0 Å². The lowest BCUT2D eigenvalue weighted by atomic mass is 10.1. The van der Waals surface area contributed by atoms with Crippen LogP contribution >= 0.6 is 0 Å². The smallest absolute Gasteiger partial charge is 0.158 e. The van der Waals surface area contributed by atoms with Gasteiger partial charge in [-0.3, -0.25) is 0 Å². The van der Waals surface area contributed by atoms with Crippen LogP contribution in [0.15, 0.2) is 30.3 Å². The van der Waals surface area contributed by atoms with E-state index in [4.69, 9.17) is 10.2 Å². The van der Waals surface area contributed by atoms with E-state index in [0.717, 1.165) is 10.8 Å². The zero-order valence-electron chi connectivity index (χ0n) is 6.28. The lowest BCUT2D eigenvalue weighted by Gasteiger charge is -1.99. The van der Waals surface area contributed by atoms with E-state index in [2.05, 4.69) is 6.07 Å². The molecule has 0 fully saturated rings. The second-order valence-electron chi connectivity index (χ2n) is 2.61. The molecule has 0 bridgehead atoms. The molecule has 0 saturated carbocycles. The molecule has 2 aromatic rings. The highest BCUT2D eigenvalue weighted by Crippen LogP contribution is 2.29. The van der Waals surface area contributed by atoms with Gasteiger partial charge in [0, 0.05) is 0 Å². The Kier molecular flexibility index (Phi) is 1.40. The van der Waals surface area contributed by atoms with Crippen LogP contribution in [0.4, 0.5) is 0 Å². The van der Waals surface area contributed by atoms with Crippen molar-refractivity contribution in [2.45, 2.75) is 0 Å². The summed E-state index contributed by atoms with van der Waals surface area (Å²) in [6, 6.07) is 11.3. The predicted molar refractivity (Wildman–Crippen MR) is 46.1 cm³/mol. The Labute approximate surface area is 69.7 Å². The van der Waals surface area contributed by atoms with Gasteiger partial charge in [0.05, 0.1) is 0 Å². The molecule has 0 atom stereocenters. The van der Waals surface area contributed by atoms with Crippen molar-refractivity contribution in [3.63, 3.8) is 0 Å². The summed E-state index contributed by atoms with van der Waals surface area (Å²) in [4.78, 5) is 0. The van der Waals surface area contributed by atoms with Gasteiger partial charge in [0.15, 0.2) is 11.5 Å². The average molecular weight is 159 g/mol. The van der Waals surface area contributed by atoms with E-state index in [-0.39, 0.29) is 11.5 Å². The van der Waals surface area contributed by atoms with Gasteiger partial charge < -0.3 is 10.2 Å². The van der Waals surface area contributed by atoms with E-state index < -0.39 is 0 Å². The fraction of sp³-hybridized carbons (Fsp3) is 0. The van der Waals surface area contributed by atoms with Crippen LogP contribution in [0, 0.1) is 6.07 Å². The minimum Gasteiger partial charge on any atom is -0.504 e. The molecule has 0 aliphatic carbocycles. The molecule has 0 amide bonds. The Hall–Kier alpha value is -1.70. The van der Waals surface area contributed by atoms with E-state index in [0.29, 0.717) is 0 Å². The number of phenolic OH excluding ortho intramolecular Hbond substituents is 2. The topological polar surface area (TPSA) is 40.5 Å². The highest BCUT2D eigenvalue weighted by molar-refractivity contribution is 5.85. The maximum Gasteiger partial charge on any atom is 0.158 e. The molecular weight excluding hydrogens is 152 g/mol. The fourth-order valence-corrected chi connectivity index (χ4v) is 1.15. The lowest BCUT2D eigenvalue weighted by Crippen LogP contribution is -1.72. The summed E-state index contributed by atoms with van der Waals surface area (Å²) in [6.07, 6.45) is 0. The predicted octanol–water partition coefficient (Wildman–Crippen LogP) is 2.05. The molecule has 0 aromatic heterocycles. The van der Waals surface area contributed by atoms with E-state index in [1.807, 2.05) is 6.07 Å². The second kappa shape index (κ2) is 2.41. The Bertz CT molecular complexity index is 381. The van der Waals surface area contributed by atoms with E-state index in [1.54, 1.807) is 12.1 Å². The highest BCUT2D eigenvalue weighted by Gasteiger charge is 1.99.